The Morgan fingerprint density at radius 1 is 1.33 bits per heavy atom. The van der Waals surface area contributed by atoms with Crippen molar-refractivity contribution in [3.63, 3.8) is 0 Å². The summed E-state index contributed by atoms with van der Waals surface area (Å²) in [5, 5.41) is 2.72. The van der Waals surface area contributed by atoms with Gasteiger partial charge in [-0.25, -0.2) is 12.8 Å². The molecule has 0 aliphatic carbocycles. The molecule has 5 nitrogen and oxygen atoms in total. The second-order valence-corrected chi connectivity index (χ2v) is 7.59. The average molecular weight is 314 g/mol. The first kappa shape index (κ1) is 15.9. The van der Waals surface area contributed by atoms with Crippen LogP contribution in [0.25, 0.3) is 0 Å². The lowest BCUT2D eigenvalue weighted by molar-refractivity contribution is -0.122. The highest BCUT2D eigenvalue weighted by Crippen LogP contribution is 2.09. The smallest absolute Gasteiger partial charge is 0.234 e. The minimum atomic E-state index is -2.93. The van der Waals surface area contributed by atoms with Crippen LogP contribution in [0.1, 0.15) is 11.1 Å². The number of carbonyl (C=O) groups is 1. The van der Waals surface area contributed by atoms with Crippen LogP contribution in [0.5, 0.6) is 0 Å². The standard InChI is InChI=1S/C14H19FN2O3S/c1-11-2-3-12(8-13(11)15)9-16-14(18)10-17-4-6-21(19,20)7-5-17/h2-3,8H,4-7,9-10H2,1H3,(H,16,18). The van der Waals surface area contributed by atoms with Gasteiger partial charge in [0.15, 0.2) is 9.84 Å². The number of nitrogens with zero attached hydrogens (tertiary/aromatic N) is 1. The second kappa shape index (κ2) is 6.53. The van der Waals surface area contributed by atoms with Crippen LogP contribution in [0.4, 0.5) is 4.39 Å². The molecule has 1 aromatic carbocycles. The predicted molar refractivity (Wildman–Crippen MR) is 78.1 cm³/mol. The van der Waals surface area contributed by atoms with Gasteiger partial charge in [-0.15, -0.1) is 0 Å². The second-order valence-electron chi connectivity index (χ2n) is 5.29. The maximum atomic E-state index is 13.4. The Morgan fingerprint density at radius 2 is 2.00 bits per heavy atom. The third-order valence-corrected chi connectivity index (χ3v) is 5.14. The van der Waals surface area contributed by atoms with E-state index in [1.54, 1.807) is 19.1 Å². The number of hydrogen-bond acceptors (Lipinski definition) is 4. The van der Waals surface area contributed by atoms with Crippen molar-refractivity contribution in [2.75, 3.05) is 31.1 Å². The Bertz CT molecular complexity index is 617. The van der Waals surface area contributed by atoms with Crippen molar-refractivity contribution in [3.8, 4) is 0 Å². The number of carbonyl (C=O) groups excluding carboxylic acids is 1. The third kappa shape index (κ3) is 4.78. The lowest BCUT2D eigenvalue weighted by Gasteiger charge is -2.25. The van der Waals surface area contributed by atoms with Crippen LogP contribution in [-0.4, -0.2) is 50.4 Å². The van der Waals surface area contributed by atoms with Gasteiger partial charge in [-0.1, -0.05) is 12.1 Å². The number of amides is 1. The van der Waals surface area contributed by atoms with E-state index in [0.29, 0.717) is 24.2 Å². The summed E-state index contributed by atoms with van der Waals surface area (Å²) < 4.78 is 35.9. The van der Waals surface area contributed by atoms with Gasteiger partial charge < -0.3 is 5.32 Å². The monoisotopic (exact) mass is 314 g/mol. The zero-order valence-corrected chi connectivity index (χ0v) is 12.7. The summed E-state index contributed by atoms with van der Waals surface area (Å²) >= 11 is 0. The summed E-state index contributed by atoms with van der Waals surface area (Å²) in [6.07, 6.45) is 0. The van der Waals surface area contributed by atoms with Crippen molar-refractivity contribution in [1.29, 1.82) is 0 Å². The summed E-state index contributed by atoms with van der Waals surface area (Å²) in [6.45, 7) is 2.89. The third-order valence-electron chi connectivity index (χ3n) is 3.53. The Morgan fingerprint density at radius 3 is 2.62 bits per heavy atom. The van der Waals surface area contributed by atoms with Gasteiger partial charge in [0.2, 0.25) is 5.91 Å². The number of rotatable bonds is 4. The van der Waals surface area contributed by atoms with Crippen molar-refractivity contribution in [2.45, 2.75) is 13.5 Å². The van der Waals surface area contributed by atoms with Crippen LogP contribution in [0.3, 0.4) is 0 Å². The summed E-state index contributed by atoms with van der Waals surface area (Å²) in [5.41, 5.74) is 1.27. The van der Waals surface area contributed by atoms with Gasteiger partial charge in [0.05, 0.1) is 18.1 Å². The summed E-state index contributed by atoms with van der Waals surface area (Å²) in [6, 6.07) is 4.85. The molecule has 0 saturated carbocycles. The zero-order valence-electron chi connectivity index (χ0n) is 11.9. The van der Waals surface area contributed by atoms with E-state index in [1.165, 1.54) is 6.07 Å². The highest BCUT2D eigenvalue weighted by atomic mass is 32.2. The van der Waals surface area contributed by atoms with Crippen molar-refractivity contribution < 1.29 is 17.6 Å². The number of sulfone groups is 1. The molecule has 1 N–H and O–H groups in total. The lowest BCUT2D eigenvalue weighted by atomic mass is 10.1. The fourth-order valence-corrected chi connectivity index (χ4v) is 3.39. The van der Waals surface area contributed by atoms with Crippen LogP contribution in [-0.2, 0) is 21.2 Å². The Hall–Kier alpha value is -1.47. The van der Waals surface area contributed by atoms with Gasteiger partial charge in [0.1, 0.15) is 5.82 Å². The van der Waals surface area contributed by atoms with E-state index in [4.69, 9.17) is 0 Å². The van der Waals surface area contributed by atoms with Crippen LogP contribution >= 0.6 is 0 Å². The Balaban J connectivity index is 1.78. The van der Waals surface area contributed by atoms with E-state index in [1.807, 2.05) is 4.90 Å². The van der Waals surface area contributed by atoms with Gasteiger partial charge in [-0.3, -0.25) is 9.69 Å². The lowest BCUT2D eigenvalue weighted by Crippen LogP contribution is -2.45. The van der Waals surface area contributed by atoms with Gasteiger partial charge in [-0.05, 0) is 24.1 Å². The molecule has 2 rings (SSSR count). The van der Waals surface area contributed by atoms with E-state index in [9.17, 15) is 17.6 Å². The molecule has 1 saturated heterocycles. The van der Waals surface area contributed by atoms with Gasteiger partial charge >= 0.3 is 0 Å². The van der Waals surface area contributed by atoms with Gasteiger partial charge in [0, 0.05) is 19.6 Å². The van der Waals surface area contributed by atoms with Crippen molar-refractivity contribution >= 4 is 15.7 Å². The summed E-state index contributed by atoms with van der Waals surface area (Å²) in [5.74, 6) is -0.273. The molecule has 1 heterocycles. The maximum absolute atomic E-state index is 13.4. The van der Waals surface area contributed by atoms with Crippen LogP contribution in [0, 0.1) is 12.7 Å². The molecule has 7 heteroatoms. The molecule has 0 bridgehead atoms. The zero-order chi connectivity index (χ0) is 15.5. The van der Waals surface area contributed by atoms with Crippen molar-refractivity contribution in [1.82, 2.24) is 10.2 Å². The minimum Gasteiger partial charge on any atom is -0.351 e. The van der Waals surface area contributed by atoms with Crippen molar-refractivity contribution in [3.05, 3.63) is 35.1 Å². The summed E-state index contributed by atoms with van der Waals surface area (Å²) in [7, 11) is -2.93. The molecule has 0 spiro atoms. The molecule has 116 valence electrons. The van der Waals surface area contributed by atoms with Gasteiger partial charge in [-0.2, -0.15) is 0 Å². The quantitative estimate of drug-likeness (QED) is 0.878. The van der Waals surface area contributed by atoms with E-state index in [2.05, 4.69) is 5.32 Å². The molecular weight excluding hydrogens is 295 g/mol. The molecule has 0 radical (unpaired) electrons. The molecule has 1 aliphatic rings. The number of aryl methyl sites for hydroxylation is 1. The first-order valence-corrected chi connectivity index (χ1v) is 8.62. The molecule has 1 aromatic rings. The fourth-order valence-electron chi connectivity index (χ4n) is 2.11. The fraction of sp³-hybridized carbons (Fsp3) is 0.500. The van der Waals surface area contributed by atoms with E-state index < -0.39 is 9.84 Å². The Kier molecular flexibility index (Phi) is 4.95. The van der Waals surface area contributed by atoms with Gasteiger partial charge in [0.25, 0.3) is 0 Å². The number of halogens is 1. The SMILES string of the molecule is Cc1ccc(CNC(=O)CN2CCS(=O)(=O)CC2)cc1F. The van der Waals surface area contributed by atoms with Crippen molar-refractivity contribution in [2.24, 2.45) is 0 Å². The predicted octanol–water partition coefficient (Wildman–Crippen LogP) is 0.481. The first-order chi connectivity index (χ1) is 9.85. The van der Waals surface area contributed by atoms with Crippen LogP contribution < -0.4 is 5.32 Å². The average Bonchev–Trinajstić information content (AvgIpc) is 2.43. The number of hydrogen-bond donors (Lipinski definition) is 1. The Labute approximate surface area is 124 Å². The molecule has 1 amide bonds. The molecule has 0 unspecified atom stereocenters. The van der Waals surface area contributed by atoms with Crippen LogP contribution in [0.2, 0.25) is 0 Å². The molecule has 0 atom stereocenters. The number of nitrogens with one attached hydrogen (secondary N) is 1. The first-order valence-electron chi connectivity index (χ1n) is 6.80. The number of benzene rings is 1. The maximum Gasteiger partial charge on any atom is 0.234 e. The minimum absolute atomic E-state index is 0.101. The van der Waals surface area contributed by atoms with E-state index >= 15 is 0 Å². The summed E-state index contributed by atoms with van der Waals surface area (Å²) in [4.78, 5) is 13.6. The van der Waals surface area contributed by atoms with E-state index in [-0.39, 0.29) is 36.3 Å². The molecule has 1 aliphatic heterocycles. The highest BCUT2D eigenvalue weighted by molar-refractivity contribution is 7.91. The largest absolute Gasteiger partial charge is 0.351 e. The molecule has 1 fully saturated rings. The van der Waals surface area contributed by atoms with Crippen LogP contribution in [0.15, 0.2) is 18.2 Å². The molecule has 21 heavy (non-hydrogen) atoms. The molecular formula is C14H19FN2O3S. The normalized spacial score (nSPS) is 18.4. The molecule has 0 aromatic heterocycles. The topological polar surface area (TPSA) is 66.5 Å². The van der Waals surface area contributed by atoms with E-state index in [0.717, 1.165) is 0 Å². The highest BCUT2D eigenvalue weighted by Gasteiger charge is 2.22.